The molecule has 1 aromatic heterocycles. The lowest BCUT2D eigenvalue weighted by atomic mass is 9.87. The molecular weight excluding hydrogens is 456 g/mol. The molecule has 0 aliphatic carbocycles. The minimum Gasteiger partial charge on any atom is -0.337 e. The van der Waals surface area contributed by atoms with Gasteiger partial charge < -0.3 is 5.32 Å². The van der Waals surface area contributed by atoms with Crippen LogP contribution in [0.3, 0.4) is 0 Å². The van der Waals surface area contributed by atoms with Gasteiger partial charge in [0.2, 0.25) is 0 Å². The number of hydrogen-bond donors (Lipinski definition) is 2. The van der Waals surface area contributed by atoms with E-state index in [0.29, 0.717) is 27.3 Å². The van der Waals surface area contributed by atoms with Crippen molar-refractivity contribution in [1.82, 2.24) is 9.97 Å². The van der Waals surface area contributed by atoms with Gasteiger partial charge in [-0.05, 0) is 59.9 Å². The summed E-state index contributed by atoms with van der Waals surface area (Å²) in [7, 11) is -3.94. The highest BCUT2D eigenvalue weighted by atomic mass is 35.5. The summed E-state index contributed by atoms with van der Waals surface area (Å²) >= 11 is 6.11. The summed E-state index contributed by atoms with van der Waals surface area (Å²) in [6.07, 6.45) is 0. The Morgan fingerprint density at radius 2 is 1.52 bits per heavy atom. The topological polar surface area (TPSA) is 84.0 Å². The van der Waals surface area contributed by atoms with Gasteiger partial charge in [0.05, 0.1) is 15.9 Å². The molecule has 0 atom stereocenters. The van der Waals surface area contributed by atoms with Crippen molar-refractivity contribution in [2.24, 2.45) is 0 Å². The average molecular weight is 481 g/mol. The molecule has 0 amide bonds. The number of nitrogens with zero attached hydrogens (tertiary/aromatic N) is 2. The van der Waals surface area contributed by atoms with Crippen LogP contribution < -0.4 is 10.0 Å². The van der Waals surface area contributed by atoms with E-state index in [1.54, 1.807) is 37.3 Å². The van der Waals surface area contributed by atoms with Crippen LogP contribution in [0.25, 0.3) is 11.0 Å². The molecule has 33 heavy (non-hydrogen) atoms. The third kappa shape index (κ3) is 5.10. The van der Waals surface area contributed by atoms with Gasteiger partial charge in [-0.2, -0.15) is 0 Å². The Balaban J connectivity index is 1.80. The molecule has 1 heterocycles. The number of benzene rings is 3. The number of hydrogen-bond acceptors (Lipinski definition) is 5. The highest BCUT2D eigenvalue weighted by Crippen LogP contribution is 2.31. The number of aryl methyl sites for hydroxylation is 1. The van der Waals surface area contributed by atoms with Gasteiger partial charge in [0.1, 0.15) is 0 Å². The third-order valence-electron chi connectivity index (χ3n) is 5.23. The molecule has 0 radical (unpaired) electrons. The molecule has 4 aromatic rings. The second-order valence-corrected chi connectivity index (χ2v) is 11.0. The number of fused-ring (bicyclic) bond motifs is 1. The number of sulfonamides is 1. The Bertz CT molecular complexity index is 1450. The fraction of sp³-hybridized carbons (Fsp3) is 0.200. The van der Waals surface area contributed by atoms with Crippen LogP contribution in [0.2, 0.25) is 5.02 Å². The van der Waals surface area contributed by atoms with Crippen molar-refractivity contribution in [2.75, 3.05) is 10.0 Å². The predicted molar refractivity (Wildman–Crippen MR) is 135 cm³/mol. The van der Waals surface area contributed by atoms with Gasteiger partial charge in [-0.15, -0.1) is 0 Å². The molecular formula is C25H25ClN4O2S. The average Bonchev–Trinajstić information content (AvgIpc) is 2.73. The number of nitrogens with one attached hydrogen (secondary N) is 2. The summed E-state index contributed by atoms with van der Waals surface area (Å²) in [6.45, 7) is 7.91. The van der Waals surface area contributed by atoms with Crippen molar-refractivity contribution in [3.63, 3.8) is 0 Å². The van der Waals surface area contributed by atoms with E-state index < -0.39 is 10.0 Å². The molecule has 0 spiro atoms. The van der Waals surface area contributed by atoms with Gasteiger partial charge >= 0.3 is 0 Å². The first kappa shape index (κ1) is 23.0. The van der Waals surface area contributed by atoms with Gasteiger partial charge in [0.25, 0.3) is 10.0 Å². The van der Waals surface area contributed by atoms with Gasteiger partial charge in [0, 0.05) is 10.7 Å². The van der Waals surface area contributed by atoms with Crippen molar-refractivity contribution in [3.8, 4) is 0 Å². The van der Waals surface area contributed by atoms with Crippen molar-refractivity contribution < 1.29 is 8.42 Å². The Labute approximate surface area is 199 Å². The molecule has 0 saturated heterocycles. The van der Waals surface area contributed by atoms with Crippen LogP contribution >= 0.6 is 11.6 Å². The maximum absolute atomic E-state index is 13.5. The van der Waals surface area contributed by atoms with E-state index in [1.807, 2.05) is 57.2 Å². The van der Waals surface area contributed by atoms with Crippen molar-refractivity contribution in [3.05, 3.63) is 82.9 Å². The van der Waals surface area contributed by atoms with Crippen molar-refractivity contribution in [1.29, 1.82) is 0 Å². The lowest BCUT2D eigenvalue weighted by molar-refractivity contribution is 0.584. The van der Waals surface area contributed by atoms with Gasteiger partial charge in [-0.1, -0.05) is 62.7 Å². The van der Waals surface area contributed by atoms with Crippen LogP contribution in [-0.4, -0.2) is 18.4 Å². The summed E-state index contributed by atoms with van der Waals surface area (Å²) in [4.78, 5) is 9.38. The zero-order valence-electron chi connectivity index (χ0n) is 18.8. The second-order valence-electron chi connectivity index (χ2n) is 8.88. The van der Waals surface area contributed by atoms with Crippen LogP contribution in [0.4, 0.5) is 17.3 Å². The lowest BCUT2D eigenvalue weighted by Crippen LogP contribution is -2.19. The van der Waals surface area contributed by atoms with E-state index in [4.69, 9.17) is 11.6 Å². The molecule has 0 bridgehead atoms. The lowest BCUT2D eigenvalue weighted by Gasteiger charge is -2.21. The highest BCUT2D eigenvalue weighted by Gasteiger charge is 2.24. The van der Waals surface area contributed by atoms with E-state index >= 15 is 0 Å². The zero-order chi connectivity index (χ0) is 23.8. The van der Waals surface area contributed by atoms with E-state index in [1.165, 1.54) is 0 Å². The molecule has 170 valence electrons. The number of halogens is 1. The molecule has 2 N–H and O–H groups in total. The number of para-hydroxylation sites is 2. The molecule has 0 fully saturated rings. The number of anilines is 3. The van der Waals surface area contributed by atoms with Crippen LogP contribution in [0.1, 0.15) is 31.9 Å². The maximum atomic E-state index is 13.5. The Morgan fingerprint density at radius 3 is 2.15 bits per heavy atom. The van der Waals surface area contributed by atoms with Crippen LogP contribution in [0, 0.1) is 6.92 Å². The van der Waals surface area contributed by atoms with E-state index in [0.717, 1.165) is 5.56 Å². The first-order chi connectivity index (χ1) is 15.5. The molecule has 0 unspecified atom stereocenters. The third-order valence-corrected chi connectivity index (χ3v) is 6.95. The molecule has 8 heteroatoms. The van der Waals surface area contributed by atoms with E-state index in [9.17, 15) is 8.42 Å². The largest absolute Gasteiger partial charge is 0.337 e. The van der Waals surface area contributed by atoms with E-state index in [2.05, 4.69) is 20.0 Å². The van der Waals surface area contributed by atoms with Gasteiger partial charge in [-0.25, -0.2) is 18.4 Å². The van der Waals surface area contributed by atoms with Crippen LogP contribution in [-0.2, 0) is 15.4 Å². The number of aromatic nitrogens is 2. The minimum absolute atomic E-state index is 0.106. The van der Waals surface area contributed by atoms with Crippen molar-refractivity contribution >= 4 is 50.0 Å². The fourth-order valence-corrected chi connectivity index (χ4v) is 4.87. The monoisotopic (exact) mass is 480 g/mol. The summed E-state index contributed by atoms with van der Waals surface area (Å²) in [6, 6.07) is 19.9. The first-order valence-electron chi connectivity index (χ1n) is 10.5. The smallest absolute Gasteiger partial charge is 0.263 e. The summed E-state index contributed by atoms with van der Waals surface area (Å²) in [5.74, 6) is 0.387. The summed E-state index contributed by atoms with van der Waals surface area (Å²) < 4.78 is 29.6. The SMILES string of the molecule is Cc1ccc(C(C)(C)C)cc1S(=O)(=O)Nc1nc2ccccc2nc1Nc1cccc(Cl)c1. The molecule has 0 saturated carbocycles. The molecule has 4 rings (SSSR count). The second kappa shape index (κ2) is 8.65. The Kier molecular flexibility index (Phi) is 6.03. The quantitative estimate of drug-likeness (QED) is 0.343. The standard InChI is InChI=1S/C25H25ClN4O2S/c1-16-12-13-17(25(2,3)4)14-22(16)33(31,32)30-24-23(27-19-9-7-8-18(26)15-19)28-20-10-5-6-11-21(20)29-24/h5-15H,1-4H3,(H,27,28)(H,29,30). The highest BCUT2D eigenvalue weighted by molar-refractivity contribution is 7.92. The maximum Gasteiger partial charge on any atom is 0.263 e. The summed E-state index contributed by atoms with van der Waals surface area (Å²) in [5.41, 5.74) is 3.25. The molecule has 0 aliphatic rings. The van der Waals surface area contributed by atoms with Crippen LogP contribution in [0.5, 0.6) is 0 Å². The number of rotatable bonds is 5. The first-order valence-corrected chi connectivity index (χ1v) is 12.3. The van der Waals surface area contributed by atoms with Gasteiger partial charge in [-0.3, -0.25) is 4.72 Å². The zero-order valence-corrected chi connectivity index (χ0v) is 20.4. The fourth-order valence-electron chi connectivity index (χ4n) is 3.40. The molecule has 6 nitrogen and oxygen atoms in total. The van der Waals surface area contributed by atoms with E-state index in [-0.39, 0.29) is 21.9 Å². The Hall–Kier alpha value is -3.16. The molecule has 0 aliphatic heterocycles. The van der Waals surface area contributed by atoms with Gasteiger partial charge in [0.15, 0.2) is 11.6 Å². The van der Waals surface area contributed by atoms with Crippen LogP contribution in [0.15, 0.2) is 71.6 Å². The summed E-state index contributed by atoms with van der Waals surface area (Å²) in [5, 5.41) is 3.69. The predicted octanol–water partition coefficient (Wildman–Crippen LogP) is 6.43. The normalized spacial score (nSPS) is 12.0. The van der Waals surface area contributed by atoms with Crippen molar-refractivity contribution in [2.45, 2.75) is 38.0 Å². The minimum atomic E-state index is -3.94. The molecule has 3 aromatic carbocycles. The Morgan fingerprint density at radius 1 is 0.848 bits per heavy atom.